The van der Waals surface area contributed by atoms with Crippen LogP contribution >= 0.6 is 0 Å². The van der Waals surface area contributed by atoms with Crippen molar-refractivity contribution in [1.29, 1.82) is 0 Å². The molecule has 1 aromatic heterocycles. The third kappa shape index (κ3) is 3.06. The molecule has 0 aromatic carbocycles. The fourth-order valence-electron chi connectivity index (χ4n) is 1.80. The van der Waals surface area contributed by atoms with Crippen LogP contribution in [0.4, 0.5) is 0 Å². The number of hydrogen-bond donors (Lipinski definition) is 1. The third-order valence-electron chi connectivity index (χ3n) is 2.76. The standard InChI is InChI=1S/C11H17N3O2/c1-15-10-6-11(14-8-13-10)16-5-3-9-2-4-12-7-9/h6,8-9,12H,2-5,7H2,1H3. The smallest absolute Gasteiger partial charge is 0.220 e. The maximum atomic E-state index is 5.55. The second-order valence-corrected chi connectivity index (χ2v) is 3.89. The van der Waals surface area contributed by atoms with Crippen LogP contribution < -0.4 is 14.8 Å². The molecule has 2 heterocycles. The van der Waals surface area contributed by atoms with Gasteiger partial charge in [-0.15, -0.1) is 0 Å². The van der Waals surface area contributed by atoms with Crippen LogP contribution in [0.15, 0.2) is 12.4 Å². The van der Waals surface area contributed by atoms with Crippen molar-refractivity contribution in [2.45, 2.75) is 12.8 Å². The number of nitrogens with zero attached hydrogens (tertiary/aromatic N) is 2. The Labute approximate surface area is 95.2 Å². The SMILES string of the molecule is COc1cc(OCCC2CCNC2)ncn1. The van der Waals surface area contributed by atoms with Gasteiger partial charge in [-0.05, 0) is 31.8 Å². The molecule has 88 valence electrons. The van der Waals surface area contributed by atoms with E-state index in [1.807, 2.05) is 0 Å². The summed E-state index contributed by atoms with van der Waals surface area (Å²) in [5.74, 6) is 1.86. The molecule has 0 bridgehead atoms. The van der Waals surface area contributed by atoms with Crippen LogP contribution in [0.25, 0.3) is 0 Å². The Kier molecular flexibility index (Phi) is 3.93. The fourth-order valence-corrected chi connectivity index (χ4v) is 1.80. The average Bonchev–Trinajstić information content (AvgIpc) is 2.82. The molecule has 1 aromatic rings. The summed E-state index contributed by atoms with van der Waals surface area (Å²) >= 11 is 0. The maximum absolute atomic E-state index is 5.55. The van der Waals surface area contributed by atoms with E-state index in [-0.39, 0.29) is 0 Å². The molecule has 5 heteroatoms. The van der Waals surface area contributed by atoms with Crippen LogP contribution in [0, 0.1) is 5.92 Å². The van der Waals surface area contributed by atoms with Gasteiger partial charge in [-0.3, -0.25) is 0 Å². The normalized spacial score (nSPS) is 19.7. The molecule has 1 atom stereocenters. The van der Waals surface area contributed by atoms with Crippen molar-refractivity contribution in [2.75, 3.05) is 26.8 Å². The van der Waals surface area contributed by atoms with Crippen molar-refractivity contribution in [1.82, 2.24) is 15.3 Å². The Balaban J connectivity index is 1.75. The molecule has 0 amide bonds. The molecular weight excluding hydrogens is 206 g/mol. The predicted octanol–water partition coefficient (Wildman–Crippen LogP) is 0.864. The molecule has 5 nitrogen and oxygen atoms in total. The highest BCUT2D eigenvalue weighted by Gasteiger charge is 2.14. The van der Waals surface area contributed by atoms with Crippen molar-refractivity contribution < 1.29 is 9.47 Å². The molecule has 16 heavy (non-hydrogen) atoms. The summed E-state index contributed by atoms with van der Waals surface area (Å²) in [4.78, 5) is 7.94. The molecule has 1 fully saturated rings. The molecule has 1 aliphatic rings. The monoisotopic (exact) mass is 223 g/mol. The lowest BCUT2D eigenvalue weighted by Crippen LogP contribution is -2.12. The first-order chi connectivity index (χ1) is 7.88. The molecular formula is C11H17N3O2. The number of aromatic nitrogens is 2. The van der Waals surface area contributed by atoms with Gasteiger partial charge in [0, 0.05) is 0 Å². The topological polar surface area (TPSA) is 56.3 Å². The highest BCUT2D eigenvalue weighted by atomic mass is 16.5. The second kappa shape index (κ2) is 5.65. The first-order valence-electron chi connectivity index (χ1n) is 5.58. The molecule has 2 rings (SSSR count). The molecule has 0 radical (unpaired) electrons. The number of rotatable bonds is 5. The molecule has 1 unspecified atom stereocenters. The molecule has 0 saturated carbocycles. The van der Waals surface area contributed by atoms with E-state index < -0.39 is 0 Å². The molecule has 0 aliphatic carbocycles. The lowest BCUT2D eigenvalue weighted by atomic mass is 10.1. The molecule has 1 saturated heterocycles. The van der Waals surface area contributed by atoms with Gasteiger partial charge >= 0.3 is 0 Å². The van der Waals surface area contributed by atoms with E-state index in [0.29, 0.717) is 18.4 Å². The van der Waals surface area contributed by atoms with Crippen molar-refractivity contribution in [3.63, 3.8) is 0 Å². The van der Waals surface area contributed by atoms with Gasteiger partial charge in [0.05, 0.1) is 19.8 Å². The minimum Gasteiger partial charge on any atom is -0.481 e. The Bertz CT molecular complexity index is 327. The number of hydrogen-bond acceptors (Lipinski definition) is 5. The van der Waals surface area contributed by atoms with Gasteiger partial charge in [-0.25, -0.2) is 9.97 Å². The summed E-state index contributed by atoms with van der Waals surface area (Å²) in [6, 6.07) is 1.70. The largest absolute Gasteiger partial charge is 0.481 e. The lowest BCUT2D eigenvalue weighted by Gasteiger charge is -2.09. The summed E-state index contributed by atoms with van der Waals surface area (Å²) in [5, 5.41) is 3.34. The van der Waals surface area contributed by atoms with E-state index >= 15 is 0 Å². The highest BCUT2D eigenvalue weighted by Crippen LogP contribution is 2.15. The highest BCUT2D eigenvalue weighted by molar-refractivity contribution is 5.17. The van der Waals surface area contributed by atoms with E-state index in [2.05, 4.69) is 15.3 Å². The number of nitrogens with one attached hydrogen (secondary N) is 1. The first kappa shape index (κ1) is 11.1. The summed E-state index contributed by atoms with van der Waals surface area (Å²) in [5.41, 5.74) is 0. The quantitative estimate of drug-likeness (QED) is 0.802. The van der Waals surface area contributed by atoms with Gasteiger partial charge in [-0.2, -0.15) is 0 Å². The van der Waals surface area contributed by atoms with E-state index in [1.54, 1.807) is 13.2 Å². The van der Waals surface area contributed by atoms with E-state index in [4.69, 9.17) is 9.47 Å². The maximum Gasteiger partial charge on any atom is 0.220 e. The van der Waals surface area contributed by atoms with Gasteiger partial charge in [0.1, 0.15) is 6.33 Å². The van der Waals surface area contributed by atoms with Crippen LogP contribution in [0.3, 0.4) is 0 Å². The molecule has 1 aliphatic heterocycles. The van der Waals surface area contributed by atoms with Crippen LogP contribution in [0.1, 0.15) is 12.8 Å². The first-order valence-corrected chi connectivity index (χ1v) is 5.58. The minimum absolute atomic E-state index is 0.535. The fraction of sp³-hybridized carbons (Fsp3) is 0.636. The van der Waals surface area contributed by atoms with E-state index in [1.165, 1.54) is 12.7 Å². The Morgan fingerprint density at radius 1 is 1.44 bits per heavy atom. The number of ether oxygens (including phenoxy) is 2. The Hall–Kier alpha value is -1.36. The van der Waals surface area contributed by atoms with Crippen LogP contribution in [0.5, 0.6) is 11.8 Å². The Morgan fingerprint density at radius 3 is 3.06 bits per heavy atom. The Morgan fingerprint density at radius 2 is 2.31 bits per heavy atom. The van der Waals surface area contributed by atoms with Crippen LogP contribution in [0.2, 0.25) is 0 Å². The van der Waals surface area contributed by atoms with Crippen molar-refractivity contribution >= 4 is 0 Å². The lowest BCUT2D eigenvalue weighted by molar-refractivity contribution is 0.271. The summed E-state index contributed by atoms with van der Waals surface area (Å²) < 4.78 is 10.5. The van der Waals surface area contributed by atoms with Gasteiger partial charge in [0.25, 0.3) is 0 Å². The van der Waals surface area contributed by atoms with Crippen LogP contribution in [-0.4, -0.2) is 36.8 Å². The molecule has 1 N–H and O–H groups in total. The van der Waals surface area contributed by atoms with Crippen molar-refractivity contribution in [3.05, 3.63) is 12.4 Å². The van der Waals surface area contributed by atoms with E-state index in [9.17, 15) is 0 Å². The van der Waals surface area contributed by atoms with Crippen molar-refractivity contribution in [3.8, 4) is 11.8 Å². The zero-order valence-electron chi connectivity index (χ0n) is 9.48. The van der Waals surface area contributed by atoms with Gasteiger partial charge < -0.3 is 14.8 Å². The number of methoxy groups -OCH3 is 1. The van der Waals surface area contributed by atoms with Gasteiger partial charge in [-0.1, -0.05) is 0 Å². The van der Waals surface area contributed by atoms with Crippen LogP contribution in [-0.2, 0) is 0 Å². The summed E-state index contributed by atoms with van der Waals surface area (Å²) in [7, 11) is 1.58. The summed E-state index contributed by atoms with van der Waals surface area (Å²) in [6.45, 7) is 2.94. The second-order valence-electron chi connectivity index (χ2n) is 3.89. The minimum atomic E-state index is 0.535. The average molecular weight is 223 g/mol. The van der Waals surface area contributed by atoms with E-state index in [0.717, 1.165) is 25.4 Å². The zero-order chi connectivity index (χ0) is 11.2. The summed E-state index contributed by atoms with van der Waals surface area (Å²) in [6.07, 6.45) is 3.76. The van der Waals surface area contributed by atoms with Crippen molar-refractivity contribution in [2.24, 2.45) is 5.92 Å². The molecule has 0 spiro atoms. The zero-order valence-corrected chi connectivity index (χ0v) is 9.48. The third-order valence-corrected chi connectivity index (χ3v) is 2.76. The van der Waals surface area contributed by atoms with Gasteiger partial charge in [0.2, 0.25) is 11.8 Å². The predicted molar refractivity (Wildman–Crippen MR) is 59.7 cm³/mol. The van der Waals surface area contributed by atoms with Gasteiger partial charge in [0.15, 0.2) is 0 Å².